The molecular weight excluding hydrogens is 188 g/mol. The Morgan fingerprint density at radius 1 is 1.38 bits per heavy atom. The van der Waals surface area contributed by atoms with Gasteiger partial charge in [-0.15, -0.1) is 11.6 Å². The van der Waals surface area contributed by atoms with Gasteiger partial charge in [0.05, 0.1) is 0 Å². The van der Waals surface area contributed by atoms with E-state index < -0.39 is 5.91 Å². The zero-order valence-corrected chi connectivity index (χ0v) is 7.84. The Kier molecular flexibility index (Phi) is 3.58. The molecule has 1 rings (SSSR count). The third-order valence-electron chi connectivity index (χ3n) is 1.59. The first-order chi connectivity index (χ1) is 6.24. The minimum absolute atomic E-state index is 0.413. The number of carbonyl (C=O) groups excluding carboxylic acids is 1. The Morgan fingerprint density at radius 3 is 2.46 bits per heavy atom. The summed E-state index contributed by atoms with van der Waals surface area (Å²) in [5.41, 5.74) is 6.53. The summed E-state index contributed by atoms with van der Waals surface area (Å²) < 4.78 is 0. The SMILES string of the molecule is NC(=O)c1ccc(NCCCl)cc1. The van der Waals surface area contributed by atoms with E-state index in [1.165, 1.54) is 0 Å². The van der Waals surface area contributed by atoms with Gasteiger partial charge in [0.1, 0.15) is 0 Å². The second-order valence-corrected chi connectivity index (χ2v) is 2.94. The molecule has 1 amide bonds. The Labute approximate surface area is 81.9 Å². The molecular formula is C9H11ClN2O. The molecule has 0 spiro atoms. The van der Waals surface area contributed by atoms with Crippen LogP contribution in [-0.4, -0.2) is 18.3 Å². The molecule has 3 N–H and O–H groups in total. The van der Waals surface area contributed by atoms with Crippen molar-refractivity contribution in [1.82, 2.24) is 0 Å². The Morgan fingerprint density at radius 2 is 2.00 bits per heavy atom. The second-order valence-electron chi connectivity index (χ2n) is 2.56. The van der Waals surface area contributed by atoms with E-state index in [9.17, 15) is 4.79 Å². The van der Waals surface area contributed by atoms with Crippen molar-refractivity contribution in [3.8, 4) is 0 Å². The van der Waals surface area contributed by atoms with E-state index in [1.807, 2.05) is 0 Å². The first-order valence-electron chi connectivity index (χ1n) is 3.93. The van der Waals surface area contributed by atoms with Gasteiger partial charge < -0.3 is 11.1 Å². The molecule has 1 aromatic carbocycles. The largest absolute Gasteiger partial charge is 0.384 e. The maximum absolute atomic E-state index is 10.7. The van der Waals surface area contributed by atoms with Crippen LogP contribution in [0.2, 0.25) is 0 Å². The monoisotopic (exact) mass is 198 g/mol. The number of rotatable bonds is 4. The van der Waals surface area contributed by atoms with E-state index in [2.05, 4.69) is 5.32 Å². The molecule has 0 aromatic heterocycles. The third-order valence-corrected chi connectivity index (χ3v) is 1.78. The molecule has 0 bridgehead atoms. The van der Waals surface area contributed by atoms with Crippen LogP contribution in [0.15, 0.2) is 24.3 Å². The van der Waals surface area contributed by atoms with Gasteiger partial charge in [-0.25, -0.2) is 0 Å². The number of primary amides is 1. The molecule has 70 valence electrons. The topological polar surface area (TPSA) is 55.1 Å². The predicted molar refractivity (Wildman–Crippen MR) is 54.2 cm³/mol. The number of benzene rings is 1. The number of carbonyl (C=O) groups is 1. The number of hydrogen-bond acceptors (Lipinski definition) is 2. The summed E-state index contributed by atoms with van der Waals surface area (Å²) in [4.78, 5) is 10.7. The highest BCUT2D eigenvalue weighted by molar-refractivity contribution is 6.18. The van der Waals surface area contributed by atoms with Gasteiger partial charge in [0.15, 0.2) is 0 Å². The lowest BCUT2D eigenvalue weighted by atomic mass is 10.2. The molecule has 0 aliphatic heterocycles. The standard InChI is InChI=1S/C9H11ClN2O/c10-5-6-12-8-3-1-7(2-4-8)9(11)13/h1-4,12H,5-6H2,(H2,11,13). The van der Waals surface area contributed by atoms with Gasteiger partial charge >= 0.3 is 0 Å². The molecule has 1 aromatic rings. The zero-order chi connectivity index (χ0) is 9.68. The normalized spacial score (nSPS) is 9.62. The van der Waals surface area contributed by atoms with E-state index in [0.717, 1.165) is 5.69 Å². The average molecular weight is 199 g/mol. The summed E-state index contributed by atoms with van der Waals surface area (Å²) in [7, 11) is 0. The van der Waals surface area contributed by atoms with Crippen LogP contribution in [0.25, 0.3) is 0 Å². The van der Waals surface area contributed by atoms with Gasteiger partial charge in [0.2, 0.25) is 5.91 Å². The minimum atomic E-state index is -0.413. The van der Waals surface area contributed by atoms with E-state index in [-0.39, 0.29) is 0 Å². The van der Waals surface area contributed by atoms with Crippen molar-refractivity contribution < 1.29 is 4.79 Å². The molecule has 13 heavy (non-hydrogen) atoms. The van der Waals surface area contributed by atoms with Gasteiger partial charge in [-0.1, -0.05) is 0 Å². The predicted octanol–water partition coefficient (Wildman–Crippen LogP) is 1.44. The number of anilines is 1. The lowest BCUT2D eigenvalue weighted by Gasteiger charge is -2.03. The summed E-state index contributed by atoms with van der Waals surface area (Å²) in [5.74, 6) is 0.140. The minimum Gasteiger partial charge on any atom is -0.384 e. The first-order valence-corrected chi connectivity index (χ1v) is 4.47. The highest BCUT2D eigenvalue weighted by atomic mass is 35.5. The highest BCUT2D eigenvalue weighted by Crippen LogP contribution is 2.08. The molecule has 0 saturated heterocycles. The number of alkyl halides is 1. The molecule has 0 saturated carbocycles. The van der Waals surface area contributed by atoms with E-state index in [4.69, 9.17) is 17.3 Å². The molecule has 0 heterocycles. The summed E-state index contributed by atoms with van der Waals surface area (Å²) in [6.07, 6.45) is 0. The smallest absolute Gasteiger partial charge is 0.248 e. The van der Waals surface area contributed by atoms with Crippen molar-refractivity contribution in [3.05, 3.63) is 29.8 Å². The molecule has 4 heteroatoms. The molecule has 0 unspecified atom stereocenters. The van der Waals surface area contributed by atoms with E-state index >= 15 is 0 Å². The number of hydrogen-bond donors (Lipinski definition) is 2. The maximum atomic E-state index is 10.7. The fourth-order valence-electron chi connectivity index (χ4n) is 0.944. The van der Waals surface area contributed by atoms with Gasteiger partial charge in [-0.05, 0) is 24.3 Å². The van der Waals surface area contributed by atoms with Gasteiger partial charge in [0.25, 0.3) is 0 Å². The van der Waals surface area contributed by atoms with Gasteiger partial charge in [-0.2, -0.15) is 0 Å². The summed E-state index contributed by atoms with van der Waals surface area (Å²) in [6, 6.07) is 6.96. The van der Waals surface area contributed by atoms with Crippen molar-refractivity contribution in [2.24, 2.45) is 5.73 Å². The Bertz CT molecular complexity index is 284. The lowest BCUT2D eigenvalue weighted by Crippen LogP contribution is -2.10. The fraction of sp³-hybridized carbons (Fsp3) is 0.222. The molecule has 0 fully saturated rings. The zero-order valence-electron chi connectivity index (χ0n) is 7.09. The number of amides is 1. The number of halogens is 1. The van der Waals surface area contributed by atoms with Crippen LogP contribution in [0.3, 0.4) is 0 Å². The lowest BCUT2D eigenvalue weighted by molar-refractivity contribution is 0.100. The van der Waals surface area contributed by atoms with Crippen molar-refractivity contribution in [2.75, 3.05) is 17.7 Å². The van der Waals surface area contributed by atoms with Crippen molar-refractivity contribution in [2.45, 2.75) is 0 Å². The number of nitrogens with two attached hydrogens (primary N) is 1. The summed E-state index contributed by atoms with van der Waals surface area (Å²) in [5, 5.41) is 3.08. The van der Waals surface area contributed by atoms with Gasteiger partial charge in [0, 0.05) is 23.7 Å². The van der Waals surface area contributed by atoms with Gasteiger partial charge in [-0.3, -0.25) is 4.79 Å². The Hall–Kier alpha value is -1.22. The Balaban J connectivity index is 2.64. The van der Waals surface area contributed by atoms with Crippen molar-refractivity contribution in [3.63, 3.8) is 0 Å². The maximum Gasteiger partial charge on any atom is 0.248 e. The first kappa shape index (κ1) is 9.86. The molecule has 0 radical (unpaired) electrons. The quantitative estimate of drug-likeness (QED) is 0.720. The van der Waals surface area contributed by atoms with Crippen LogP contribution in [-0.2, 0) is 0 Å². The van der Waals surface area contributed by atoms with Crippen LogP contribution in [0.5, 0.6) is 0 Å². The summed E-state index contributed by atoms with van der Waals surface area (Å²) >= 11 is 5.50. The molecule has 0 aliphatic rings. The van der Waals surface area contributed by atoms with Crippen molar-refractivity contribution >= 4 is 23.2 Å². The molecule has 3 nitrogen and oxygen atoms in total. The highest BCUT2D eigenvalue weighted by Gasteiger charge is 1.98. The molecule has 0 atom stereocenters. The van der Waals surface area contributed by atoms with E-state index in [1.54, 1.807) is 24.3 Å². The summed E-state index contributed by atoms with van der Waals surface area (Å²) in [6.45, 7) is 0.706. The fourth-order valence-corrected chi connectivity index (χ4v) is 1.04. The van der Waals surface area contributed by atoms with Crippen molar-refractivity contribution in [1.29, 1.82) is 0 Å². The average Bonchev–Trinajstić information content (AvgIpc) is 2.15. The number of nitrogens with one attached hydrogen (secondary N) is 1. The van der Waals surface area contributed by atoms with Crippen LogP contribution in [0.1, 0.15) is 10.4 Å². The van der Waals surface area contributed by atoms with E-state index in [0.29, 0.717) is 18.0 Å². The van der Waals surface area contributed by atoms with Crippen LogP contribution in [0.4, 0.5) is 5.69 Å². The van der Waals surface area contributed by atoms with Crippen LogP contribution < -0.4 is 11.1 Å². The van der Waals surface area contributed by atoms with Crippen LogP contribution in [0, 0.1) is 0 Å². The third kappa shape index (κ3) is 2.95. The molecule has 0 aliphatic carbocycles. The van der Waals surface area contributed by atoms with Crippen LogP contribution >= 0.6 is 11.6 Å². The second kappa shape index (κ2) is 4.72.